The number of benzene rings is 2. The van der Waals surface area contributed by atoms with Gasteiger partial charge < -0.3 is 4.74 Å². The Bertz CT molecular complexity index is 992. The molecule has 1 amide bonds. The van der Waals surface area contributed by atoms with Gasteiger partial charge in [0.05, 0.1) is 36.7 Å². The highest BCUT2D eigenvalue weighted by Gasteiger charge is 2.13. The molecule has 0 aliphatic heterocycles. The van der Waals surface area contributed by atoms with Crippen LogP contribution in [0.1, 0.15) is 22.4 Å². The summed E-state index contributed by atoms with van der Waals surface area (Å²) in [4.78, 5) is 12.1. The zero-order valence-electron chi connectivity index (χ0n) is 15.9. The van der Waals surface area contributed by atoms with Crippen molar-refractivity contribution >= 4 is 23.7 Å². The van der Waals surface area contributed by atoms with E-state index in [0.717, 1.165) is 28.3 Å². The molecule has 1 N–H and O–H groups in total. The standard InChI is InChI=1S/C21H21ClN4O2/c1-14-4-8-17(9-5-14)26-21(22)19(15(2)25-26)13-23-24-20(27)12-16-6-10-18(28-3)11-7-16/h4-11,13H,12H2,1-3H3,(H,24,27)/b23-13+. The molecule has 1 aromatic heterocycles. The Morgan fingerprint density at radius 1 is 1.18 bits per heavy atom. The van der Waals surface area contributed by atoms with E-state index in [4.69, 9.17) is 16.3 Å². The van der Waals surface area contributed by atoms with E-state index in [1.54, 1.807) is 11.8 Å². The molecule has 0 atom stereocenters. The third-order valence-corrected chi connectivity index (χ3v) is 4.60. The van der Waals surface area contributed by atoms with Crippen molar-refractivity contribution in [2.75, 3.05) is 7.11 Å². The molecular weight excluding hydrogens is 376 g/mol. The van der Waals surface area contributed by atoms with Gasteiger partial charge in [0.15, 0.2) is 0 Å². The van der Waals surface area contributed by atoms with Gasteiger partial charge in [-0.3, -0.25) is 4.79 Å². The highest BCUT2D eigenvalue weighted by atomic mass is 35.5. The van der Waals surface area contributed by atoms with Gasteiger partial charge in [-0.25, -0.2) is 10.1 Å². The summed E-state index contributed by atoms with van der Waals surface area (Å²) >= 11 is 6.46. The molecule has 0 fully saturated rings. The van der Waals surface area contributed by atoms with Gasteiger partial charge >= 0.3 is 0 Å². The highest BCUT2D eigenvalue weighted by molar-refractivity contribution is 6.32. The first-order valence-electron chi connectivity index (χ1n) is 8.75. The van der Waals surface area contributed by atoms with E-state index in [1.165, 1.54) is 6.21 Å². The highest BCUT2D eigenvalue weighted by Crippen LogP contribution is 2.22. The van der Waals surface area contributed by atoms with E-state index in [-0.39, 0.29) is 12.3 Å². The van der Waals surface area contributed by atoms with Gasteiger partial charge in [0, 0.05) is 0 Å². The molecular formula is C21H21ClN4O2. The second-order valence-electron chi connectivity index (χ2n) is 6.36. The number of carbonyl (C=O) groups excluding carboxylic acids is 1. The second-order valence-corrected chi connectivity index (χ2v) is 6.71. The first-order chi connectivity index (χ1) is 13.5. The predicted molar refractivity (Wildman–Crippen MR) is 110 cm³/mol. The van der Waals surface area contributed by atoms with Crippen LogP contribution in [0.25, 0.3) is 5.69 Å². The van der Waals surface area contributed by atoms with Crippen LogP contribution in [0.2, 0.25) is 5.15 Å². The lowest BCUT2D eigenvalue weighted by molar-refractivity contribution is -0.120. The van der Waals surface area contributed by atoms with Crippen LogP contribution in [0.15, 0.2) is 53.6 Å². The molecule has 0 aliphatic rings. The average Bonchev–Trinajstić information content (AvgIpc) is 2.97. The minimum Gasteiger partial charge on any atom is -0.497 e. The number of hydrogen-bond acceptors (Lipinski definition) is 4. The molecule has 7 heteroatoms. The monoisotopic (exact) mass is 396 g/mol. The molecule has 2 aromatic carbocycles. The van der Waals surface area contributed by atoms with Crippen LogP contribution in [0, 0.1) is 13.8 Å². The third-order valence-electron chi connectivity index (χ3n) is 4.23. The Balaban J connectivity index is 1.66. The minimum absolute atomic E-state index is 0.219. The molecule has 0 bridgehead atoms. The third kappa shape index (κ3) is 4.58. The predicted octanol–water partition coefficient (Wildman–Crippen LogP) is 3.84. The van der Waals surface area contributed by atoms with Gasteiger partial charge in [-0.1, -0.05) is 41.4 Å². The number of aryl methyl sites for hydroxylation is 2. The zero-order chi connectivity index (χ0) is 20.1. The Labute approximate surface area is 168 Å². The van der Waals surface area contributed by atoms with E-state index in [2.05, 4.69) is 15.6 Å². The summed E-state index contributed by atoms with van der Waals surface area (Å²) in [5.41, 5.74) is 6.79. The van der Waals surface area contributed by atoms with Crippen LogP contribution in [-0.4, -0.2) is 29.0 Å². The maximum absolute atomic E-state index is 12.1. The SMILES string of the molecule is COc1ccc(CC(=O)N/N=C/c2c(C)nn(-c3ccc(C)cc3)c2Cl)cc1. The maximum Gasteiger partial charge on any atom is 0.244 e. The van der Waals surface area contributed by atoms with E-state index in [9.17, 15) is 4.79 Å². The summed E-state index contributed by atoms with van der Waals surface area (Å²) in [5, 5.41) is 8.93. The number of amides is 1. The van der Waals surface area contributed by atoms with Crippen molar-refractivity contribution in [2.24, 2.45) is 5.10 Å². The molecule has 28 heavy (non-hydrogen) atoms. The Morgan fingerprint density at radius 3 is 2.50 bits per heavy atom. The number of halogens is 1. The van der Waals surface area contributed by atoms with E-state index >= 15 is 0 Å². The van der Waals surface area contributed by atoms with Crippen LogP contribution in [-0.2, 0) is 11.2 Å². The Hall–Kier alpha value is -3.12. The maximum atomic E-state index is 12.1. The number of hydrogen-bond donors (Lipinski definition) is 1. The summed E-state index contributed by atoms with van der Waals surface area (Å²) in [6.07, 6.45) is 1.73. The molecule has 3 aromatic rings. The fraction of sp³-hybridized carbons (Fsp3) is 0.190. The van der Waals surface area contributed by atoms with Crippen LogP contribution in [0.5, 0.6) is 5.75 Å². The lowest BCUT2D eigenvalue weighted by Crippen LogP contribution is -2.19. The van der Waals surface area contributed by atoms with Gasteiger partial charge in [-0.2, -0.15) is 10.2 Å². The van der Waals surface area contributed by atoms with Gasteiger partial charge in [0.25, 0.3) is 0 Å². The molecule has 6 nitrogen and oxygen atoms in total. The topological polar surface area (TPSA) is 68.5 Å². The molecule has 0 aliphatic carbocycles. The van der Waals surface area contributed by atoms with Crippen molar-refractivity contribution in [3.8, 4) is 11.4 Å². The Kier molecular flexibility index (Phi) is 6.11. The number of aromatic nitrogens is 2. The molecule has 1 heterocycles. The number of nitrogens with zero attached hydrogens (tertiary/aromatic N) is 3. The smallest absolute Gasteiger partial charge is 0.244 e. The van der Waals surface area contributed by atoms with Crippen LogP contribution >= 0.6 is 11.6 Å². The molecule has 3 rings (SSSR count). The number of carbonyl (C=O) groups is 1. The van der Waals surface area contributed by atoms with Crippen molar-refractivity contribution < 1.29 is 9.53 Å². The summed E-state index contributed by atoms with van der Waals surface area (Å²) in [7, 11) is 1.60. The summed E-state index contributed by atoms with van der Waals surface area (Å²) in [5.74, 6) is 0.527. The van der Waals surface area contributed by atoms with Gasteiger partial charge in [-0.05, 0) is 43.7 Å². The van der Waals surface area contributed by atoms with Gasteiger partial charge in [0.2, 0.25) is 5.91 Å². The molecule has 144 valence electrons. The van der Waals surface area contributed by atoms with Gasteiger partial charge in [-0.15, -0.1) is 0 Å². The van der Waals surface area contributed by atoms with Crippen molar-refractivity contribution in [3.63, 3.8) is 0 Å². The minimum atomic E-state index is -0.221. The number of hydrazone groups is 1. The van der Waals surface area contributed by atoms with Crippen molar-refractivity contribution in [3.05, 3.63) is 76.1 Å². The van der Waals surface area contributed by atoms with E-state index < -0.39 is 0 Å². The lowest BCUT2D eigenvalue weighted by atomic mass is 10.1. The van der Waals surface area contributed by atoms with Crippen LogP contribution < -0.4 is 10.2 Å². The lowest BCUT2D eigenvalue weighted by Gasteiger charge is -2.03. The van der Waals surface area contributed by atoms with Crippen molar-refractivity contribution in [2.45, 2.75) is 20.3 Å². The van der Waals surface area contributed by atoms with E-state index in [1.807, 2.05) is 62.4 Å². The average molecular weight is 397 g/mol. The van der Waals surface area contributed by atoms with Crippen LogP contribution in [0.3, 0.4) is 0 Å². The number of methoxy groups -OCH3 is 1. The van der Waals surface area contributed by atoms with Crippen LogP contribution in [0.4, 0.5) is 0 Å². The molecule has 0 spiro atoms. The summed E-state index contributed by atoms with van der Waals surface area (Å²) in [6.45, 7) is 3.86. The first kappa shape index (κ1) is 19.6. The molecule has 0 unspecified atom stereocenters. The van der Waals surface area contributed by atoms with Crippen molar-refractivity contribution in [1.29, 1.82) is 0 Å². The summed E-state index contributed by atoms with van der Waals surface area (Å²) in [6, 6.07) is 15.2. The molecule has 0 saturated carbocycles. The second kappa shape index (κ2) is 8.71. The Morgan fingerprint density at radius 2 is 1.86 bits per heavy atom. The largest absolute Gasteiger partial charge is 0.497 e. The fourth-order valence-electron chi connectivity index (χ4n) is 2.65. The molecule has 0 radical (unpaired) electrons. The first-order valence-corrected chi connectivity index (χ1v) is 9.12. The van der Waals surface area contributed by atoms with Gasteiger partial charge in [0.1, 0.15) is 10.9 Å². The number of rotatable bonds is 6. The number of nitrogens with one attached hydrogen (secondary N) is 1. The quantitative estimate of drug-likeness (QED) is 0.508. The normalized spacial score (nSPS) is 11.0. The fourth-order valence-corrected chi connectivity index (χ4v) is 2.97. The zero-order valence-corrected chi connectivity index (χ0v) is 16.7. The van der Waals surface area contributed by atoms with Crippen molar-refractivity contribution in [1.82, 2.24) is 15.2 Å². The summed E-state index contributed by atoms with van der Waals surface area (Å²) < 4.78 is 6.76. The van der Waals surface area contributed by atoms with E-state index in [0.29, 0.717) is 10.7 Å². The number of ether oxygens (including phenoxy) is 1. The molecule has 0 saturated heterocycles.